The summed E-state index contributed by atoms with van der Waals surface area (Å²) in [7, 11) is 5.23. The molecule has 0 amide bonds. The molecular weight excluding hydrogens is 1130 g/mol. The summed E-state index contributed by atoms with van der Waals surface area (Å²) in [5, 5.41) is 2.49. The molecule has 4 atom stereocenters. The molecule has 2 saturated heterocycles. The summed E-state index contributed by atoms with van der Waals surface area (Å²) in [6.07, 6.45) is -1.45. The Balaban J connectivity index is 0.828. The molecular formula is C62H58O24. The van der Waals surface area contributed by atoms with E-state index >= 15 is 0 Å². The first-order chi connectivity index (χ1) is 41.6. The number of ether oxygens (including phenoxy) is 16. The van der Waals surface area contributed by atoms with E-state index in [1.807, 2.05) is 0 Å². The molecule has 0 aliphatic carbocycles. The number of benzene rings is 6. The quantitative estimate of drug-likeness (QED) is 0.0122. The van der Waals surface area contributed by atoms with E-state index in [2.05, 4.69) is 13.2 Å². The van der Waals surface area contributed by atoms with Gasteiger partial charge in [-0.3, -0.25) is 0 Å². The van der Waals surface area contributed by atoms with Crippen molar-refractivity contribution >= 4 is 69.7 Å². The fraction of sp³-hybridized carbons (Fsp3) is 0.290. The molecule has 0 saturated carbocycles. The van der Waals surface area contributed by atoms with Gasteiger partial charge in [-0.05, 0) is 120 Å². The minimum atomic E-state index is -0.946. The van der Waals surface area contributed by atoms with Crippen molar-refractivity contribution < 1.29 is 114 Å². The molecule has 8 rings (SSSR count). The largest absolute Gasteiger partial charge is 0.513 e. The minimum absolute atomic E-state index is 0.0319. The first kappa shape index (κ1) is 61.9. The summed E-state index contributed by atoms with van der Waals surface area (Å²) in [6, 6.07) is 24.2. The van der Waals surface area contributed by atoms with Crippen molar-refractivity contribution in [1.82, 2.24) is 0 Å². The van der Waals surface area contributed by atoms with Gasteiger partial charge in [0.05, 0.1) is 90.3 Å². The normalized spacial score (nSPS) is 15.6. The van der Waals surface area contributed by atoms with Crippen LogP contribution in [0.5, 0.6) is 46.0 Å². The molecule has 2 aliphatic heterocycles. The molecule has 2 aliphatic rings. The van der Waals surface area contributed by atoms with Crippen LogP contribution in [-0.4, -0.2) is 141 Å². The minimum Gasteiger partial charge on any atom is -0.493 e. The topological polar surface area (TPSA) is 284 Å². The second kappa shape index (κ2) is 29.4. The Bertz CT molecular complexity index is 3270. The third-order valence-corrected chi connectivity index (χ3v) is 13.1. The van der Waals surface area contributed by atoms with Crippen LogP contribution in [0, 0.1) is 0 Å². The fourth-order valence-corrected chi connectivity index (χ4v) is 8.80. The number of hydrogen-bond donors (Lipinski definition) is 0. The first-order valence-electron chi connectivity index (χ1n) is 26.6. The van der Waals surface area contributed by atoms with Crippen LogP contribution in [0.2, 0.25) is 0 Å². The fourth-order valence-electron chi connectivity index (χ4n) is 8.80. The predicted molar refractivity (Wildman–Crippen MR) is 300 cm³/mol. The van der Waals surface area contributed by atoms with Gasteiger partial charge in [0.1, 0.15) is 23.7 Å². The van der Waals surface area contributed by atoms with E-state index in [1.54, 1.807) is 48.5 Å². The molecule has 0 radical (unpaired) electrons. The van der Waals surface area contributed by atoms with E-state index in [1.165, 1.54) is 77.0 Å². The molecule has 450 valence electrons. The zero-order chi connectivity index (χ0) is 61.3. The molecule has 24 nitrogen and oxygen atoms in total. The molecule has 3 unspecified atom stereocenters. The van der Waals surface area contributed by atoms with Crippen molar-refractivity contribution in [3.63, 3.8) is 0 Å². The molecule has 6 aromatic carbocycles. The lowest BCUT2D eigenvalue weighted by Crippen LogP contribution is -2.36. The van der Waals surface area contributed by atoms with Crippen molar-refractivity contribution in [3.05, 3.63) is 145 Å². The zero-order valence-corrected chi connectivity index (χ0v) is 47.0. The molecule has 86 heavy (non-hydrogen) atoms. The molecule has 24 heteroatoms. The standard InChI is InChI=1S/C62H58O24/c1-7-51(63)75-21-9-11-23-77-61(69)81-43-19-17-35-25-39(15-13-37(35)27-43)57(65)85-53-45(71-3)29-41(30-46(53)72-4)59(67)83-49-33-79-56-50(34-80-55(49)56)84-60(68)42-31-47(73-5)54(48(32-42)74-6)86-58(66)40-16-14-38-28-44(20-18-36(38)26-40)82-62(70)78-24-12-10-22-76-52(64)8-2/h7-8,13-20,25-32,49-50,55-56H,1-2,9-12,21-24,33-34H2,3-6H3/t49-,50?,55?,56?/m1/s1. The SMILES string of the molecule is C=CC(=O)OCCCCOC(=O)Oc1ccc2cc(C(=O)Oc3c(OC)cc(C(=O)OC4COC5C4OC[C@H]5OC(=O)c4cc(OC)c(OC(=O)c5ccc6cc(OC(=O)OCCCCOC(=O)C=C)ccc6c5)c(OC)c4)cc3OC)ccc2c1. The molecule has 6 aromatic rings. The summed E-state index contributed by atoms with van der Waals surface area (Å²) in [6.45, 7) is 6.84. The predicted octanol–water partition coefficient (Wildman–Crippen LogP) is 9.06. The van der Waals surface area contributed by atoms with Crippen LogP contribution < -0.4 is 37.9 Å². The Labute approximate surface area is 491 Å². The number of fused-ring (bicyclic) bond motifs is 3. The smallest absolute Gasteiger partial charge is 0.493 e. The summed E-state index contributed by atoms with van der Waals surface area (Å²) in [5.41, 5.74) is 0.232. The average molecular weight is 1190 g/mol. The van der Waals surface area contributed by atoms with E-state index < -0.39 is 72.5 Å². The van der Waals surface area contributed by atoms with Crippen molar-refractivity contribution in [2.24, 2.45) is 0 Å². The Morgan fingerprint density at radius 3 is 1.10 bits per heavy atom. The summed E-state index contributed by atoms with van der Waals surface area (Å²) in [5.74, 6) is -4.29. The van der Waals surface area contributed by atoms with Gasteiger partial charge in [0.2, 0.25) is 11.5 Å². The van der Waals surface area contributed by atoms with Gasteiger partial charge in [-0.15, -0.1) is 0 Å². The zero-order valence-electron chi connectivity index (χ0n) is 47.0. The van der Waals surface area contributed by atoms with Crippen molar-refractivity contribution in [2.75, 3.05) is 68.1 Å². The van der Waals surface area contributed by atoms with E-state index in [9.17, 15) is 38.4 Å². The van der Waals surface area contributed by atoms with Crippen LogP contribution >= 0.6 is 0 Å². The number of methoxy groups -OCH3 is 4. The lowest BCUT2D eigenvalue weighted by atomic mass is 10.1. The highest BCUT2D eigenvalue weighted by Gasteiger charge is 2.51. The van der Waals surface area contributed by atoms with Gasteiger partial charge in [0, 0.05) is 12.2 Å². The van der Waals surface area contributed by atoms with Crippen LogP contribution in [0.1, 0.15) is 67.1 Å². The van der Waals surface area contributed by atoms with Crippen LogP contribution in [0.4, 0.5) is 9.59 Å². The second-order valence-electron chi connectivity index (χ2n) is 18.7. The third kappa shape index (κ3) is 15.7. The highest BCUT2D eigenvalue weighted by molar-refractivity contribution is 5.99. The molecule has 0 bridgehead atoms. The maximum Gasteiger partial charge on any atom is 0.513 e. The number of esters is 6. The summed E-state index contributed by atoms with van der Waals surface area (Å²) < 4.78 is 87.8. The Morgan fingerprint density at radius 2 is 0.756 bits per heavy atom. The van der Waals surface area contributed by atoms with Crippen LogP contribution in [-0.2, 0) is 47.5 Å². The number of carbonyl (C=O) groups is 8. The van der Waals surface area contributed by atoms with Gasteiger partial charge in [-0.2, -0.15) is 0 Å². The average Bonchev–Trinajstić information content (AvgIpc) is 2.09. The van der Waals surface area contributed by atoms with Gasteiger partial charge in [0.15, 0.2) is 35.2 Å². The molecule has 2 heterocycles. The lowest BCUT2D eigenvalue weighted by Gasteiger charge is -2.19. The highest BCUT2D eigenvalue weighted by atomic mass is 16.7. The van der Waals surface area contributed by atoms with Crippen molar-refractivity contribution in [1.29, 1.82) is 0 Å². The van der Waals surface area contributed by atoms with Gasteiger partial charge in [-0.1, -0.05) is 37.4 Å². The van der Waals surface area contributed by atoms with E-state index in [-0.39, 0.29) is 108 Å². The third-order valence-electron chi connectivity index (χ3n) is 13.1. The number of carbonyl (C=O) groups excluding carboxylic acids is 8. The van der Waals surface area contributed by atoms with Crippen molar-refractivity contribution in [2.45, 2.75) is 50.1 Å². The van der Waals surface area contributed by atoms with Gasteiger partial charge < -0.3 is 75.8 Å². The molecule has 0 aromatic heterocycles. The first-order valence-corrected chi connectivity index (χ1v) is 26.6. The molecule has 0 N–H and O–H groups in total. The second-order valence-corrected chi connectivity index (χ2v) is 18.7. The highest BCUT2D eigenvalue weighted by Crippen LogP contribution is 2.42. The number of rotatable bonds is 26. The number of unbranched alkanes of at least 4 members (excludes halogenated alkanes) is 2. The Morgan fingerprint density at radius 1 is 0.419 bits per heavy atom. The van der Waals surface area contributed by atoms with E-state index in [0.29, 0.717) is 47.2 Å². The van der Waals surface area contributed by atoms with Crippen molar-refractivity contribution in [3.8, 4) is 46.0 Å². The van der Waals surface area contributed by atoms with E-state index in [4.69, 9.17) is 75.8 Å². The molecule has 2 fully saturated rings. The van der Waals surface area contributed by atoms with Crippen LogP contribution in [0.15, 0.2) is 122 Å². The molecule has 0 spiro atoms. The summed E-state index contributed by atoms with van der Waals surface area (Å²) in [4.78, 5) is 101. The Hall–Kier alpha value is -10.2. The maximum atomic E-state index is 13.7. The monoisotopic (exact) mass is 1190 g/mol. The van der Waals surface area contributed by atoms with Crippen LogP contribution in [0.25, 0.3) is 21.5 Å². The van der Waals surface area contributed by atoms with Gasteiger partial charge in [-0.25, -0.2) is 38.4 Å². The summed E-state index contributed by atoms with van der Waals surface area (Å²) >= 11 is 0. The van der Waals surface area contributed by atoms with Gasteiger partial charge >= 0.3 is 48.1 Å². The maximum absolute atomic E-state index is 13.7. The lowest BCUT2D eigenvalue weighted by molar-refractivity contribution is -0.138. The van der Waals surface area contributed by atoms with E-state index in [0.717, 1.165) is 12.2 Å². The van der Waals surface area contributed by atoms with Gasteiger partial charge in [0.25, 0.3) is 0 Å². The Kier molecular flexibility index (Phi) is 21.1. The number of hydrogen-bond acceptors (Lipinski definition) is 24. The van der Waals surface area contributed by atoms with Crippen LogP contribution in [0.3, 0.4) is 0 Å².